The molecule has 0 spiro atoms. The number of hydrogen-bond donors (Lipinski definition) is 1. The molecule has 0 aliphatic heterocycles. The summed E-state index contributed by atoms with van der Waals surface area (Å²) < 4.78 is 5.70. The van der Waals surface area contributed by atoms with Crippen LogP contribution in [0.3, 0.4) is 0 Å². The van der Waals surface area contributed by atoms with E-state index >= 15 is 0 Å². The van der Waals surface area contributed by atoms with Crippen molar-refractivity contribution in [2.45, 2.75) is 40.5 Å². The Kier molecular flexibility index (Phi) is 6.47. The van der Waals surface area contributed by atoms with E-state index in [1.807, 2.05) is 62.5 Å². The first-order valence-electron chi connectivity index (χ1n) is 9.56. The average Bonchev–Trinajstić information content (AvgIpc) is 3.10. The first-order chi connectivity index (χ1) is 13.5. The summed E-state index contributed by atoms with van der Waals surface area (Å²) in [5.74, 6) is 0.752. The monoisotopic (exact) mass is 394 g/mol. The third-order valence-electron chi connectivity index (χ3n) is 4.55. The van der Waals surface area contributed by atoms with E-state index in [1.165, 1.54) is 11.3 Å². The molecule has 1 aromatic heterocycles. The Balaban J connectivity index is 1.70. The third kappa shape index (κ3) is 4.78. The Hall–Kier alpha value is -2.66. The van der Waals surface area contributed by atoms with Crippen LogP contribution in [0.4, 0.5) is 5.13 Å². The van der Waals surface area contributed by atoms with Crippen LogP contribution in [-0.2, 0) is 0 Å². The number of anilines is 1. The molecule has 0 saturated heterocycles. The molecular formula is C23H26N2O2S. The van der Waals surface area contributed by atoms with Crippen molar-refractivity contribution in [3.05, 3.63) is 64.0 Å². The maximum atomic E-state index is 12.7. The van der Waals surface area contributed by atoms with Crippen LogP contribution in [0.2, 0.25) is 0 Å². The number of amides is 1. The number of carbonyl (C=O) groups is 1. The summed E-state index contributed by atoms with van der Waals surface area (Å²) in [6.45, 7) is 8.85. The van der Waals surface area contributed by atoms with Crippen molar-refractivity contribution in [2.75, 3.05) is 11.9 Å². The minimum atomic E-state index is -0.115. The van der Waals surface area contributed by atoms with Crippen molar-refractivity contribution in [3.63, 3.8) is 0 Å². The number of nitrogens with one attached hydrogen (secondary N) is 1. The van der Waals surface area contributed by atoms with Crippen molar-refractivity contribution < 1.29 is 9.53 Å². The molecule has 0 aliphatic rings. The van der Waals surface area contributed by atoms with Gasteiger partial charge in [-0.1, -0.05) is 31.0 Å². The fourth-order valence-corrected chi connectivity index (χ4v) is 3.93. The molecule has 0 saturated carbocycles. The van der Waals surface area contributed by atoms with E-state index in [9.17, 15) is 4.79 Å². The van der Waals surface area contributed by atoms with E-state index in [1.54, 1.807) is 0 Å². The predicted molar refractivity (Wildman–Crippen MR) is 117 cm³/mol. The number of ether oxygens (including phenoxy) is 1. The van der Waals surface area contributed by atoms with Gasteiger partial charge in [0, 0.05) is 16.5 Å². The SMILES string of the molecule is CCCCOc1ccc(-c2csc(NC(=O)c3c(C)cc(C)cc3C)n2)cc1. The van der Waals surface area contributed by atoms with Crippen LogP contribution in [0.25, 0.3) is 11.3 Å². The van der Waals surface area contributed by atoms with E-state index in [-0.39, 0.29) is 5.91 Å². The summed E-state index contributed by atoms with van der Waals surface area (Å²) in [6.07, 6.45) is 2.17. The third-order valence-corrected chi connectivity index (χ3v) is 5.30. The largest absolute Gasteiger partial charge is 0.494 e. The Morgan fingerprint density at radius 3 is 2.43 bits per heavy atom. The van der Waals surface area contributed by atoms with E-state index in [4.69, 9.17) is 4.74 Å². The predicted octanol–water partition coefficient (Wildman–Crippen LogP) is 6.17. The van der Waals surface area contributed by atoms with Gasteiger partial charge in [0.2, 0.25) is 0 Å². The average molecular weight is 395 g/mol. The quantitative estimate of drug-likeness (QED) is 0.488. The van der Waals surface area contributed by atoms with Gasteiger partial charge in [-0.2, -0.15) is 0 Å². The normalized spacial score (nSPS) is 10.7. The number of nitrogens with zero attached hydrogens (tertiary/aromatic N) is 1. The molecule has 1 heterocycles. The van der Waals surface area contributed by atoms with Crippen molar-refractivity contribution in [3.8, 4) is 17.0 Å². The molecule has 0 unspecified atom stereocenters. The summed E-state index contributed by atoms with van der Waals surface area (Å²) in [5, 5.41) is 5.49. The lowest BCUT2D eigenvalue weighted by Gasteiger charge is -2.10. The van der Waals surface area contributed by atoms with Gasteiger partial charge in [-0.25, -0.2) is 4.98 Å². The number of benzene rings is 2. The molecule has 5 heteroatoms. The smallest absolute Gasteiger partial charge is 0.257 e. The number of thiazole rings is 1. The van der Waals surface area contributed by atoms with E-state index in [0.29, 0.717) is 5.13 Å². The van der Waals surface area contributed by atoms with E-state index < -0.39 is 0 Å². The van der Waals surface area contributed by atoms with Crippen molar-refractivity contribution in [1.82, 2.24) is 4.98 Å². The van der Waals surface area contributed by atoms with Crippen LogP contribution in [0, 0.1) is 20.8 Å². The van der Waals surface area contributed by atoms with Gasteiger partial charge in [-0.15, -0.1) is 11.3 Å². The van der Waals surface area contributed by atoms with Gasteiger partial charge in [0.1, 0.15) is 5.75 Å². The molecule has 146 valence electrons. The summed E-state index contributed by atoms with van der Waals surface area (Å²) in [6, 6.07) is 12.0. The molecule has 0 fully saturated rings. The number of carbonyl (C=O) groups excluding carboxylic acids is 1. The topological polar surface area (TPSA) is 51.2 Å². The maximum Gasteiger partial charge on any atom is 0.257 e. The fraction of sp³-hybridized carbons (Fsp3) is 0.304. The van der Waals surface area contributed by atoms with E-state index in [0.717, 1.165) is 58.7 Å². The highest BCUT2D eigenvalue weighted by Crippen LogP contribution is 2.27. The lowest BCUT2D eigenvalue weighted by Crippen LogP contribution is -2.15. The summed E-state index contributed by atoms with van der Waals surface area (Å²) >= 11 is 1.43. The molecule has 28 heavy (non-hydrogen) atoms. The van der Waals surface area contributed by atoms with Gasteiger partial charge in [0.25, 0.3) is 5.91 Å². The van der Waals surface area contributed by atoms with Crippen LogP contribution in [0.1, 0.15) is 46.8 Å². The zero-order valence-corrected chi connectivity index (χ0v) is 17.7. The van der Waals surface area contributed by atoms with Gasteiger partial charge in [0.05, 0.1) is 12.3 Å². The van der Waals surface area contributed by atoms with Gasteiger partial charge in [-0.05, 0) is 62.6 Å². The second-order valence-corrected chi connectivity index (χ2v) is 7.85. The standard InChI is InChI=1S/C23H26N2O2S/c1-5-6-11-27-19-9-7-18(8-10-19)20-14-28-23(24-20)25-22(26)21-16(3)12-15(2)13-17(21)4/h7-10,12-14H,5-6,11H2,1-4H3,(H,24,25,26). The van der Waals surface area contributed by atoms with Crippen molar-refractivity contribution in [2.24, 2.45) is 0 Å². The lowest BCUT2D eigenvalue weighted by molar-refractivity contribution is 0.102. The number of aromatic nitrogens is 1. The summed E-state index contributed by atoms with van der Waals surface area (Å²) in [7, 11) is 0. The van der Waals surface area contributed by atoms with Crippen molar-refractivity contribution >= 4 is 22.4 Å². The molecule has 0 bridgehead atoms. The number of aryl methyl sites for hydroxylation is 3. The zero-order chi connectivity index (χ0) is 20.1. The fourth-order valence-electron chi connectivity index (χ4n) is 3.22. The van der Waals surface area contributed by atoms with Crippen LogP contribution in [0.5, 0.6) is 5.75 Å². The molecule has 2 aromatic carbocycles. The van der Waals surface area contributed by atoms with Gasteiger partial charge in [0.15, 0.2) is 5.13 Å². The minimum Gasteiger partial charge on any atom is -0.494 e. The molecule has 1 N–H and O–H groups in total. The van der Waals surface area contributed by atoms with Gasteiger partial charge >= 0.3 is 0 Å². The van der Waals surface area contributed by atoms with Crippen LogP contribution in [0.15, 0.2) is 41.8 Å². The zero-order valence-electron chi connectivity index (χ0n) is 16.8. The molecule has 0 aliphatic carbocycles. The summed E-state index contributed by atoms with van der Waals surface area (Å²) in [4.78, 5) is 17.3. The Labute approximate surface area is 170 Å². The highest BCUT2D eigenvalue weighted by atomic mass is 32.1. The van der Waals surface area contributed by atoms with Crippen LogP contribution in [-0.4, -0.2) is 17.5 Å². The van der Waals surface area contributed by atoms with Gasteiger partial charge < -0.3 is 4.74 Å². The highest BCUT2D eigenvalue weighted by molar-refractivity contribution is 7.14. The van der Waals surface area contributed by atoms with Crippen LogP contribution >= 0.6 is 11.3 Å². The molecule has 0 radical (unpaired) electrons. The molecule has 3 rings (SSSR count). The highest BCUT2D eigenvalue weighted by Gasteiger charge is 2.15. The number of hydrogen-bond acceptors (Lipinski definition) is 4. The second kappa shape index (κ2) is 9.02. The molecule has 3 aromatic rings. The first-order valence-corrected chi connectivity index (χ1v) is 10.4. The van der Waals surface area contributed by atoms with Gasteiger partial charge in [-0.3, -0.25) is 10.1 Å². The maximum absolute atomic E-state index is 12.7. The van der Waals surface area contributed by atoms with E-state index in [2.05, 4.69) is 17.2 Å². The molecule has 1 amide bonds. The Morgan fingerprint density at radius 2 is 1.79 bits per heavy atom. The van der Waals surface area contributed by atoms with Crippen molar-refractivity contribution in [1.29, 1.82) is 0 Å². The summed E-state index contributed by atoms with van der Waals surface area (Å²) in [5.41, 5.74) is 5.68. The first kappa shape index (κ1) is 20.1. The molecular weight excluding hydrogens is 368 g/mol. The molecule has 0 atom stereocenters. The lowest BCUT2D eigenvalue weighted by atomic mass is 9.99. The minimum absolute atomic E-state index is 0.115. The molecule has 4 nitrogen and oxygen atoms in total. The number of rotatable bonds is 7. The second-order valence-electron chi connectivity index (χ2n) is 6.99. The Bertz CT molecular complexity index is 938. The Morgan fingerprint density at radius 1 is 1.11 bits per heavy atom. The van der Waals surface area contributed by atoms with Crippen LogP contribution < -0.4 is 10.1 Å². The number of unbranched alkanes of at least 4 members (excludes halogenated alkanes) is 1.